The molecule has 2 fully saturated rings. The molecular weight excluding hydrogens is 354 g/mol. The standard InChI is InChI=1S/C15H23NO10/c1-4-7(16-5(2)18)8(19)11(6(3-17)23-4)25-15-10(21)9(20)12-13(26-15)14(22)24-12/h4,6-8,10-11,13-15,17,19-22H,3H2,1-2H3,(H,16,18)/t4-,6?,7?,8?,10?,11+,13?,14?,15+/m0/s1. The highest BCUT2D eigenvalue weighted by Crippen LogP contribution is 2.37. The van der Waals surface area contributed by atoms with Crippen molar-refractivity contribution in [1.29, 1.82) is 0 Å². The first-order chi connectivity index (χ1) is 12.2. The third kappa shape index (κ3) is 3.27. The molecule has 0 radical (unpaired) electrons. The molecule has 148 valence electrons. The second-order valence-corrected chi connectivity index (χ2v) is 6.51. The van der Waals surface area contributed by atoms with Gasteiger partial charge in [-0.15, -0.1) is 0 Å². The lowest BCUT2D eigenvalue weighted by Gasteiger charge is -2.47. The summed E-state index contributed by atoms with van der Waals surface area (Å²) in [6.07, 6.45) is -9.45. The zero-order valence-electron chi connectivity index (χ0n) is 14.2. The molecular formula is C15H23NO10. The van der Waals surface area contributed by atoms with Crippen LogP contribution in [0.25, 0.3) is 0 Å². The van der Waals surface area contributed by atoms with Gasteiger partial charge in [0.2, 0.25) is 12.2 Å². The topological polar surface area (TPSA) is 167 Å². The molecule has 9 atom stereocenters. The molecule has 3 aliphatic heterocycles. The number of carbonyl (C=O) groups excluding carboxylic acids is 1. The Labute approximate surface area is 148 Å². The summed E-state index contributed by atoms with van der Waals surface area (Å²) in [7, 11) is 0. The van der Waals surface area contributed by atoms with Gasteiger partial charge in [0.15, 0.2) is 30.0 Å². The molecule has 1 amide bonds. The minimum atomic E-state index is -1.63. The molecule has 3 rings (SSSR count). The van der Waals surface area contributed by atoms with E-state index in [2.05, 4.69) is 5.32 Å². The monoisotopic (exact) mass is 377 g/mol. The smallest absolute Gasteiger partial charge is 0.231 e. The Hall–Kier alpha value is -1.47. The summed E-state index contributed by atoms with van der Waals surface area (Å²) in [4.78, 5) is 11.4. The fourth-order valence-electron chi connectivity index (χ4n) is 3.30. The van der Waals surface area contributed by atoms with Gasteiger partial charge in [-0.2, -0.15) is 0 Å². The lowest BCUT2D eigenvalue weighted by atomic mass is 9.93. The van der Waals surface area contributed by atoms with E-state index in [0.717, 1.165) is 0 Å². The van der Waals surface area contributed by atoms with Gasteiger partial charge >= 0.3 is 0 Å². The van der Waals surface area contributed by atoms with E-state index >= 15 is 0 Å². The summed E-state index contributed by atoms with van der Waals surface area (Å²) in [5.41, 5.74) is 0. The molecule has 26 heavy (non-hydrogen) atoms. The normalized spacial score (nSPS) is 45.4. The molecule has 2 saturated heterocycles. The highest BCUT2D eigenvalue weighted by atomic mass is 16.8. The third-order valence-corrected chi connectivity index (χ3v) is 4.64. The fraction of sp³-hybridized carbons (Fsp3) is 0.800. The number of fused-ring (bicyclic) bond motifs is 1. The summed E-state index contributed by atoms with van der Waals surface area (Å²) in [5.74, 6) is -1.02. The van der Waals surface area contributed by atoms with E-state index in [1.807, 2.05) is 0 Å². The first-order valence-corrected chi connectivity index (χ1v) is 8.22. The van der Waals surface area contributed by atoms with Crippen LogP contribution in [0.2, 0.25) is 0 Å². The Kier molecular flexibility index (Phi) is 5.40. The molecule has 6 unspecified atom stereocenters. The maximum Gasteiger partial charge on any atom is 0.231 e. The summed E-state index contributed by atoms with van der Waals surface area (Å²) >= 11 is 0. The van der Waals surface area contributed by atoms with Crippen LogP contribution in [0.4, 0.5) is 0 Å². The molecule has 0 aromatic heterocycles. The maximum absolute atomic E-state index is 11.4. The van der Waals surface area contributed by atoms with E-state index < -0.39 is 67.6 Å². The second-order valence-electron chi connectivity index (χ2n) is 6.51. The van der Waals surface area contributed by atoms with Crippen LogP contribution < -0.4 is 5.32 Å². The largest absolute Gasteiger partial charge is 0.506 e. The van der Waals surface area contributed by atoms with Gasteiger partial charge < -0.3 is 49.8 Å². The number of amides is 1. The minimum absolute atomic E-state index is 0.0891. The molecule has 0 saturated carbocycles. The molecule has 0 aliphatic carbocycles. The van der Waals surface area contributed by atoms with Gasteiger partial charge in [0.25, 0.3) is 0 Å². The predicted molar refractivity (Wildman–Crippen MR) is 81.3 cm³/mol. The Bertz CT molecular complexity index is 583. The predicted octanol–water partition coefficient (Wildman–Crippen LogP) is -2.78. The van der Waals surface area contributed by atoms with Gasteiger partial charge in [-0.1, -0.05) is 0 Å². The molecule has 0 spiro atoms. The van der Waals surface area contributed by atoms with E-state index in [4.69, 9.17) is 18.9 Å². The summed E-state index contributed by atoms with van der Waals surface area (Å²) < 4.78 is 21.3. The van der Waals surface area contributed by atoms with Crippen molar-refractivity contribution in [2.75, 3.05) is 6.61 Å². The number of rotatable bonds is 4. The number of aliphatic hydroxyl groups is 5. The Balaban J connectivity index is 1.76. The molecule has 3 aliphatic rings. The number of carbonyl (C=O) groups is 1. The SMILES string of the molecule is CC(=O)NC1C(O)[C@H](O[C@@H]2OC3C(=C(O)C2O)OC3O)C(CO)O[C@H]1C. The molecule has 11 nitrogen and oxygen atoms in total. The van der Waals surface area contributed by atoms with Crippen molar-refractivity contribution in [3.05, 3.63) is 11.5 Å². The minimum Gasteiger partial charge on any atom is -0.506 e. The van der Waals surface area contributed by atoms with E-state index in [9.17, 15) is 30.3 Å². The van der Waals surface area contributed by atoms with Gasteiger partial charge in [0, 0.05) is 6.92 Å². The quantitative estimate of drug-likeness (QED) is 0.301. The van der Waals surface area contributed by atoms with E-state index in [0.29, 0.717) is 0 Å². The average molecular weight is 377 g/mol. The summed E-state index contributed by atoms with van der Waals surface area (Å²) in [5, 5.41) is 52.2. The van der Waals surface area contributed by atoms with Crippen LogP contribution >= 0.6 is 0 Å². The van der Waals surface area contributed by atoms with Crippen molar-refractivity contribution < 1.29 is 49.3 Å². The highest BCUT2D eigenvalue weighted by Gasteiger charge is 2.53. The van der Waals surface area contributed by atoms with Crippen LogP contribution in [0.5, 0.6) is 0 Å². The third-order valence-electron chi connectivity index (χ3n) is 4.64. The van der Waals surface area contributed by atoms with Gasteiger partial charge in [0.1, 0.15) is 18.3 Å². The van der Waals surface area contributed by atoms with Crippen molar-refractivity contribution in [3.63, 3.8) is 0 Å². The van der Waals surface area contributed by atoms with Gasteiger partial charge in [-0.05, 0) is 6.92 Å². The van der Waals surface area contributed by atoms with Gasteiger partial charge in [0.05, 0.1) is 18.8 Å². The summed E-state index contributed by atoms with van der Waals surface area (Å²) in [6.45, 7) is 2.41. The van der Waals surface area contributed by atoms with Crippen LogP contribution in [0.15, 0.2) is 11.5 Å². The Morgan fingerprint density at radius 2 is 1.96 bits per heavy atom. The fourth-order valence-corrected chi connectivity index (χ4v) is 3.30. The molecule has 0 aromatic carbocycles. The van der Waals surface area contributed by atoms with Crippen LogP contribution in [0.3, 0.4) is 0 Å². The highest BCUT2D eigenvalue weighted by molar-refractivity contribution is 5.73. The second kappa shape index (κ2) is 7.27. The van der Waals surface area contributed by atoms with Crippen molar-refractivity contribution in [2.24, 2.45) is 0 Å². The van der Waals surface area contributed by atoms with E-state index in [-0.39, 0.29) is 11.7 Å². The molecule has 6 N–H and O–H groups in total. The van der Waals surface area contributed by atoms with E-state index in [1.165, 1.54) is 6.92 Å². The molecule has 11 heteroatoms. The molecule has 3 heterocycles. The van der Waals surface area contributed by atoms with Crippen molar-refractivity contribution >= 4 is 5.91 Å². The van der Waals surface area contributed by atoms with Crippen LogP contribution in [0.1, 0.15) is 13.8 Å². The maximum atomic E-state index is 11.4. The van der Waals surface area contributed by atoms with Crippen molar-refractivity contribution in [3.8, 4) is 0 Å². The first-order valence-electron chi connectivity index (χ1n) is 8.22. The van der Waals surface area contributed by atoms with Crippen LogP contribution in [-0.2, 0) is 23.7 Å². The number of hydrogen-bond donors (Lipinski definition) is 6. The Morgan fingerprint density at radius 1 is 1.27 bits per heavy atom. The molecule has 0 aromatic rings. The van der Waals surface area contributed by atoms with Gasteiger partial charge in [-0.3, -0.25) is 4.79 Å². The lowest BCUT2D eigenvalue weighted by Crippen LogP contribution is -2.65. The first kappa shape index (κ1) is 19.3. The zero-order chi connectivity index (χ0) is 19.2. The number of ether oxygens (including phenoxy) is 4. The van der Waals surface area contributed by atoms with Crippen molar-refractivity contribution in [1.82, 2.24) is 5.32 Å². The average Bonchev–Trinajstić information content (AvgIpc) is 2.58. The Morgan fingerprint density at radius 3 is 2.54 bits per heavy atom. The van der Waals surface area contributed by atoms with Crippen molar-refractivity contribution in [2.45, 2.75) is 69.1 Å². The number of nitrogens with one attached hydrogen (secondary N) is 1. The zero-order valence-corrected chi connectivity index (χ0v) is 14.2. The van der Waals surface area contributed by atoms with Crippen LogP contribution in [0, 0.1) is 0 Å². The molecule has 0 bridgehead atoms. The van der Waals surface area contributed by atoms with Gasteiger partial charge in [-0.25, -0.2) is 0 Å². The number of hydrogen-bond acceptors (Lipinski definition) is 10. The number of aliphatic hydroxyl groups excluding tert-OH is 5. The van der Waals surface area contributed by atoms with E-state index in [1.54, 1.807) is 6.92 Å². The lowest BCUT2D eigenvalue weighted by molar-refractivity contribution is -0.340. The summed E-state index contributed by atoms with van der Waals surface area (Å²) in [6, 6.07) is -0.821. The van der Waals surface area contributed by atoms with Crippen LogP contribution in [-0.4, -0.2) is 93.3 Å².